The van der Waals surface area contributed by atoms with Crippen LogP contribution in [-0.4, -0.2) is 44.2 Å². The second-order valence-corrected chi connectivity index (χ2v) is 3.69. The molecule has 0 spiro atoms. The van der Waals surface area contributed by atoms with E-state index in [-0.39, 0.29) is 19.3 Å². The third kappa shape index (κ3) is 5.09. The average Bonchev–Trinajstić information content (AvgIpc) is 2.17. The summed E-state index contributed by atoms with van der Waals surface area (Å²) in [4.78, 5) is 22.4. The maximum Gasteiger partial charge on any atom is 0.317 e. The first-order chi connectivity index (χ1) is 7.58. The van der Waals surface area contributed by atoms with Crippen LogP contribution in [0.3, 0.4) is 0 Å². The molecule has 92 valence electrons. The topological polar surface area (TPSA) is 71.1 Å². The maximum absolute atomic E-state index is 11.3. The number of carbonyl (C=O) groups excluding carboxylic acids is 2. The standard InChI is InChI=1S/C10H16O6/c1-7(2)15-9(11)3-10(12)16-8-4-13-6-14-5-8/h7-8H,3-6H2,1-2H3. The van der Waals surface area contributed by atoms with E-state index >= 15 is 0 Å². The van der Waals surface area contributed by atoms with Crippen molar-refractivity contribution in [2.75, 3.05) is 20.0 Å². The number of rotatable bonds is 4. The lowest BCUT2D eigenvalue weighted by Crippen LogP contribution is -2.34. The Morgan fingerprint density at radius 1 is 1.25 bits per heavy atom. The maximum atomic E-state index is 11.3. The number of hydrogen-bond acceptors (Lipinski definition) is 6. The Labute approximate surface area is 93.8 Å². The monoisotopic (exact) mass is 232 g/mol. The third-order valence-corrected chi connectivity index (χ3v) is 1.73. The molecule has 0 aromatic heterocycles. The fourth-order valence-corrected chi connectivity index (χ4v) is 1.18. The quantitative estimate of drug-likeness (QED) is 0.511. The first-order valence-electron chi connectivity index (χ1n) is 5.12. The van der Waals surface area contributed by atoms with Crippen molar-refractivity contribution in [3.8, 4) is 0 Å². The Morgan fingerprint density at radius 3 is 2.44 bits per heavy atom. The van der Waals surface area contributed by atoms with Crippen molar-refractivity contribution in [3.63, 3.8) is 0 Å². The molecule has 0 radical (unpaired) electrons. The molecular formula is C10H16O6. The summed E-state index contributed by atoms with van der Waals surface area (Å²) >= 11 is 0. The van der Waals surface area contributed by atoms with Gasteiger partial charge in [-0.1, -0.05) is 0 Å². The van der Waals surface area contributed by atoms with E-state index in [9.17, 15) is 9.59 Å². The summed E-state index contributed by atoms with van der Waals surface area (Å²) < 4.78 is 19.6. The summed E-state index contributed by atoms with van der Waals surface area (Å²) in [5.41, 5.74) is 0. The van der Waals surface area contributed by atoms with Crippen LogP contribution >= 0.6 is 0 Å². The van der Waals surface area contributed by atoms with Gasteiger partial charge in [0.15, 0.2) is 0 Å². The lowest BCUT2D eigenvalue weighted by atomic mass is 10.3. The Kier molecular flexibility index (Phi) is 5.21. The summed E-state index contributed by atoms with van der Waals surface area (Å²) in [5.74, 6) is -1.21. The van der Waals surface area contributed by atoms with Gasteiger partial charge in [0.05, 0.1) is 19.3 Å². The molecule has 1 aliphatic heterocycles. The second kappa shape index (κ2) is 6.44. The third-order valence-electron chi connectivity index (χ3n) is 1.73. The Morgan fingerprint density at radius 2 is 1.88 bits per heavy atom. The molecular weight excluding hydrogens is 216 g/mol. The zero-order valence-electron chi connectivity index (χ0n) is 9.43. The molecule has 6 heteroatoms. The normalized spacial score (nSPS) is 17.2. The van der Waals surface area contributed by atoms with Gasteiger partial charge in [-0.2, -0.15) is 0 Å². The Bertz CT molecular complexity index is 244. The molecule has 0 aromatic rings. The van der Waals surface area contributed by atoms with Crippen LogP contribution in [0, 0.1) is 0 Å². The molecule has 6 nitrogen and oxygen atoms in total. The zero-order chi connectivity index (χ0) is 12.0. The van der Waals surface area contributed by atoms with Gasteiger partial charge in [0.1, 0.15) is 19.3 Å². The molecule has 0 unspecified atom stereocenters. The minimum atomic E-state index is -0.621. The molecule has 1 saturated heterocycles. The van der Waals surface area contributed by atoms with E-state index in [2.05, 4.69) is 0 Å². The molecule has 16 heavy (non-hydrogen) atoms. The van der Waals surface area contributed by atoms with Crippen molar-refractivity contribution in [1.29, 1.82) is 0 Å². The summed E-state index contributed by atoms with van der Waals surface area (Å²) in [7, 11) is 0. The van der Waals surface area contributed by atoms with Gasteiger partial charge < -0.3 is 18.9 Å². The van der Waals surface area contributed by atoms with Gasteiger partial charge in [-0.25, -0.2) is 0 Å². The molecule has 1 fully saturated rings. The van der Waals surface area contributed by atoms with Gasteiger partial charge in [0.2, 0.25) is 0 Å². The SMILES string of the molecule is CC(C)OC(=O)CC(=O)OC1COCOC1. The van der Waals surface area contributed by atoms with Crippen LogP contribution in [0.2, 0.25) is 0 Å². The second-order valence-electron chi connectivity index (χ2n) is 3.69. The predicted molar refractivity (Wildman–Crippen MR) is 52.5 cm³/mol. The van der Waals surface area contributed by atoms with Gasteiger partial charge in [-0.05, 0) is 13.8 Å². The van der Waals surface area contributed by atoms with Crippen molar-refractivity contribution in [3.05, 3.63) is 0 Å². The lowest BCUT2D eigenvalue weighted by Gasteiger charge is -2.22. The van der Waals surface area contributed by atoms with Gasteiger partial charge >= 0.3 is 11.9 Å². The highest BCUT2D eigenvalue weighted by Crippen LogP contribution is 2.04. The molecule has 0 bridgehead atoms. The van der Waals surface area contributed by atoms with Crippen LogP contribution in [0.5, 0.6) is 0 Å². The Hall–Kier alpha value is -1.14. The number of ether oxygens (including phenoxy) is 4. The van der Waals surface area contributed by atoms with Crippen LogP contribution in [0.25, 0.3) is 0 Å². The van der Waals surface area contributed by atoms with E-state index in [0.29, 0.717) is 13.2 Å². The van der Waals surface area contributed by atoms with E-state index in [4.69, 9.17) is 18.9 Å². The zero-order valence-corrected chi connectivity index (χ0v) is 9.43. The van der Waals surface area contributed by atoms with Crippen LogP contribution < -0.4 is 0 Å². The predicted octanol–water partition coefficient (Wildman–Crippen LogP) is 0.244. The fourth-order valence-electron chi connectivity index (χ4n) is 1.18. The molecule has 0 saturated carbocycles. The first kappa shape index (κ1) is 12.9. The molecule has 0 N–H and O–H groups in total. The van der Waals surface area contributed by atoms with E-state index in [1.807, 2.05) is 0 Å². The molecule has 1 aliphatic rings. The number of hydrogen-bond donors (Lipinski definition) is 0. The molecule has 1 rings (SSSR count). The Balaban J connectivity index is 2.21. The molecule has 0 aromatic carbocycles. The molecule has 0 aliphatic carbocycles. The van der Waals surface area contributed by atoms with Gasteiger partial charge in [-0.15, -0.1) is 0 Å². The van der Waals surface area contributed by atoms with Crippen molar-refractivity contribution in [1.82, 2.24) is 0 Å². The molecule has 1 heterocycles. The van der Waals surface area contributed by atoms with Gasteiger partial charge in [0.25, 0.3) is 0 Å². The van der Waals surface area contributed by atoms with Crippen LogP contribution in [0.1, 0.15) is 20.3 Å². The van der Waals surface area contributed by atoms with Crippen molar-refractivity contribution in [2.45, 2.75) is 32.5 Å². The van der Waals surface area contributed by atoms with E-state index in [1.165, 1.54) is 0 Å². The first-order valence-corrected chi connectivity index (χ1v) is 5.12. The van der Waals surface area contributed by atoms with Gasteiger partial charge in [0, 0.05) is 0 Å². The average molecular weight is 232 g/mol. The van der Waals surface area contributed by atoms with E-state index in [1.54, 1.807) is 13.8 Å². The van der Waals surface area contributed by atoms with Crippen molar-refractivity contribution in [2.24, 2.45) is 0 Å². The molecule has 0 amide bonds. The van der Waals surface area contributed by atoms with Crippen LogP contribution in [-0.2, 0) is 28.5 Å². The fraction of sp³-hybridized carbons (Fsp3) is 0.800. The van der Waals surface area contributed by atoms with Gasteiger partial charge in [-0.3, -0.25) is 9.59 Å². The van der Waals surface area contributed by atoms with E-state index in [0.717, 1.165) is 0 Å². The van der Waals surface area contributed by atoms with Crippen LogP contribution in [0.4, 0.5) is 0 Å². The summed E-state index contributed by atoms with van der Waals surface area (Å²) in [5, 5.41) is 0. The highest BCUT2D eigenvalue weighted by atomic mass is 16.7. The largest absolute Gasteiger partial charge is 0.463 e. The smallest absolute Gasteiger partial charge is 0.317 e. The summed E-state index contributed by atoms with van der Waals surface area (Å²) in [6, 6.07) is 0. The van der Waals surface area contributed by atoms with Crippen molar-refractivity contribution >= 4 is 11.9 Å². The minimum absolute atomic E-state index is 0.212. The minimum Gasteiger partial charge on any atom is -0.463 e. The van der Waals surface area contributed by atoms with E-state index < -0.39 is 18.0 Å². The highest BCUT2D eigenvalue weighted by Gasteiger charge is 2.21. The number of esters is 2. The van der Waals surface area contributed by atoms with Crippen molar-refractivity contribution < 1.29 is 28.5 Å². The summed E-state index contributed by atoms with van der Waals surface area (Å²) in [6.45, 7) is 4.23. The highest BCUT2D eigenvalue weighted by molar-refractivity contribution is 5.91. The summed E-state index contributed by atoms with van der Waals surface area (Å²) in [6.07, 6.45) is -1.05. The lowest BCUT2D eigenvalue weighted by molar-refractivity contribution is -0.185. The number of carbonyl (C=O) groups is 2. The molecule has 0 atom stereocenters. The van der Waals surface area contributed by atoms with Crippen LogP contribution in [0.15, 0.2) is 0 Å².